The lowest BCUT2D eigenvalue weighted by Gasteiger charge is -2.36. The van der Waals surface area contributed by atoms with Crippen LogP contribution in [0.3, 0.4) is 0 Å². The van der Waals surface area contributed by atoms with Crippen molar-refractivity contribution in [3.8, 4) is 5.75 Å². The lowest BCUT2D eigenvalue weighted by Crippen LogP contribution is -2.47. The van der Waals surface area contributed by atoms with E-state index < -0.39 is 0 Å². The maximum atomic E-state index is 5.43. The monoisotopic (exact) mass is 278 g/mol. The molecule has 1 aromatic rings. The summed E-state index contributed by atoms with van der Waals surface area (Å²) < 4.78 is 5.43. The number of ether oxygens (including phenoxy) is 1. The molecule has 1 heterocycles. The molecule has 19 heavy (non-hydrogen) atoms. The van der Waals surface area contributed by atoms with Crippen molar-refractivity contribution < 1.29 is 4.74 Å². The third kappa shape index (κ3) is 3.67. The minimum Gasteiger partial charge on any atom is -0.495 e. The van der Waals surface area contributed by atoms with E-state index in [0.29, 0.717) is 0 Å². The van der Waals surface area contributed by atoms with Gasteiger partial charge in [-0.15, -0.1) is 0 Å². The van der Waals surface area contributed by atoms with Crippen molar-refractivity contribution in [2.45, 2.75) is 0 Å². The molecule has 0 bridgehead atoms. The molecule has 1 aliphatic rings. The Morgan fingerprint density at radius 1 is 1.26 bits per heavy atom. The van der Waals surface area contributed by atoms with E-state index in [2.05, 4.69) is 41.1 Å². The molecule has 2 rings (SSSR count). The number of methoxy groups -OCH3 is 1. The molecule has 1 aliphatic heterocycles. The predicted molar refractivity (Wildman–Crippen MR) is 84.6 cm³/mol. The zero-order valence-corrected chi connectivity index (χ0v) is 12.4. The summed E-state index contributed by atoms with van der Waals surface area (Å²) >= 11 is 4.26. The van der Waals surface area contributed by atoms with Crippen molar-refractivity contribution in [3.63, 3.8) is 0 Å². The average Bonchev–Trinajstić information content (AvgIpc) is 2.48. The van der Waals surface area contributed by atoms with Gasteiger partial charge in [0.25, 0.3) is 0 Å². The number of hydrogen-bond acceptors (Lipinski definition) is 4. The first-order chi connectivity index (χ1) is 9.24. The molecule has 0 aliphatic carbocycles. The van der Waals surface area contributed by atoms with Gasteiger partial charge in [0.2, 0.25) is 0 Å². The molecule has 0 atom stereocenters. The maximum Gasteiger partial charge on any atom is 0.142 e. The molecule has 0 N–H and O–H groups in total. The molecule has 0 radical (unpaired) electrons. The lowest BCUT2D eigenvalue weighted by molar-refractivity contribution is 0.278. The number of hydrogen-bond donors (Lipinski definition) is 1. The molecule has 0 unspecified atom stereocenters. The number of thiol groups is 1. The van der Waals surface area contributed by atoms with Crippen LogP contribution in [0.15, 0.2) is 36.4 Å². The van der Waals surface area contributed by atoms with E-state index in [1.54, 1.807) is 7.11 Å². The first-order valence-corrected chi connectivity index (χ1v) is 7.25. The maximum absolute atomic E-state index is 5.43. The Kier molecular flexibility index (Phi) is 5.16. The van der Waals surface area contributed by atoms with Crippen LogP contribution in [0, 0.1) is 0 Å². The van der Waals surface area contributed by atoms with Crippen LogP contribution in [-0.2, 0) is 0 Å². The standard InChI is InChI=1S/C15H22N2OS/c1-13(12-19)11-16-7-9-17(10-8-16)14-5-3-4-6-15(14)18-2/h3-6,19H,1,7-12H2,2H3. The third-order valence-corrected chi connectivity index (χ3v) is 3.92. The van der Waals surface area contributed by atoms with Crippen molar-refractivity contribution in [1.29, 1.82) is 0 Å². The minimum absolute atomic E-state index is 0.771. The molecule has 3 nitrogen and oxygen atoms in total. The molecule has 0 aromatic heterocycles. The third-order valence-electron chi connectivity index (χ3n) is 3.47. The number of nitrogens with zero attached hydrogens (tertiary/aromatic N) is 2. The summed E-state index contributed by atoms with van der Waals surface area (Å²) in [6, 6.07) is 8.22. The first-order valence-electron chi connectivity index (χ1n) is 6.62. The van der Waals surface area contributed by atoms with Crippen molar-refractivity contribution in [2.75, 3.05) is 50.5 Å². The van der Waals surface area contributed by atoms with E-state index in [-0.39, 0.29) is 0 Å². The van der Waals surface area contributed by atoms with E-state index in [1.807, 2.05) is 12.1 Å². The summed E-state index contributed by atoms with van der Waals surface area (Å²) in [5, 5.41) is 0. The van der Waals surface area contributed by atoms with Crippen molar-refractivity contribution in [1.82, 2.24) is 4.90 Å². The van der Waals surface area contributed by atoms with Gasteiger partial charge in [-0.2, -0.15) is 12.6 Å². The fourth-order valence-electron chi connectivity index (χ4n) is 2.40. The molecule has 1 saturated heterocycles. The van der Waals surface area contributed by atoms with Gasteiger partial charge in [0.05, 0.1) is 12.8 Å². The van der Waals surface area contributed by atoms with Gasteiger partial charge in [0, 0.05) is 38.5 Å². The van der Waals surface area contributed by atoms with Gasteiger partial charge >= 0.3 is 0 Å². The second kappa shape index (κ2) is 6.87. The largest absolute Gasteiger partial charge is 0.495 e. The summed E-state index contributed by atoms with van der Waals surface area (Å²) in [5.41, 5.74) is 2.38. The van der Waals surface area contributed by atoms with Crippen LogP contribution in [-0.4, -0.2) is 50.5 Å². The minimum atomic E-state index is 0.771. The van der Waals surface area contributed by atoms with Crippen molar-refractivity contribution >= 4 is 18.3 Å². The molecule has 1 fully saturated rings. The highest BCUT2D eigenvalue weighted by Crippen LogP contribution is 2.28. The van der Waals surface area contributed by atoms with Gasteiger partial charge in [-0.3, -0.25) is 4.90 Å². The Balaban J connectivity index is 1.94. The molecule has 4 heteroatoms. The highest BCUT2D eigenvalue weighted by molar-refractivity contribution is 7.80. The van der Waals surface area contributed by atoms with Crippen LogP contribution >= 0.6 is 12.6 Å². The fourth-order valence-corrected chi connectivity index (χ4v) is 2.50. The second-order valence-electron chi connectivity index (χ2n) is 4.84. The van der Waals surface area contributed by atoms with E-state index in [9.17, 15) is 0 Å². The second-order valence-corrected chi connectivity index (χ2v) is 5.16. The van der Waals surface area contributed by atoms with Crippen LogP contribution in [0.5, 0.6) is 5.75 Å². The zero-order valence-electron chi connectivity index (χ0n) is 11.5. The summed E-state index contributed by atoms with van der Waals surface area (Å²) in [6.07, 6.45) is 0. The Morgan fingerprint density at radius 3 is 2.58 bits per heavy atom. The van der Waals surface area contributed by atoms with E-state index in [4.69, 9.17) is 4.74 Å². The number of para-hydroxylation sites is 2. The normalized spacial score (nSPS) is 16.4. The van der Waals surface area contributed by atoms with Crippen LogP contribution in [0.2, 0.25) is 0 Å². The zero-order chi connectivity index (χ0) is 13.7. The first kappa shape index (κ1) is 14.3. The number of benzene rings is 1. The lowest BCUT2D eigenvalue weighted by atomic mass is 10.2. The number of piperazine rings is 1. The van der Waals surface area contributed by atoms with Crippen molar-refractivity contribution in [2.24, 2.45) is 0 Å². The summed E-state index contributed by atoms with van der Waals surface area (Å²) in [6.45, 7) is 9.16. The van der Waals surface area contributed by atoms with Crippen LogP contribution in [0.1, 0.15) is 0 Å². The Morgan fingerprint density at radius 2 is 1.95 bits per heavy atom. The van der Waals surface area contributed by atoms with Gasteiger partial charge in [-0.05, 0) is 12.1 Å². The Bertz CT molecular complexity index is 428. The van der Waals surface area contributed by atoms with Gasteiger partial charge in [0.15, 0.2) is 0 Å². The predicted octanol–water partition coefficient (Wildman–Crippen LogP) is 2.30. The van der Waals surface area contributed by atoms with Crippen LogP contribution < -0.4 is 9.64 Å². The van der Waals surface area contributed by atoms with Gasteiger partial charge in [-0.25, -0.2) is 0 Å². The van der Waals surface area contributed by atoms with E-state index >= 15 is 0 Å². The van der Waals surface area contributed by atoms with Gasteiger partial charge < -0.3 is 9.64 Å². The van der Waals surface area contributed by atoms with Gasteiger partial charge in [-0.1, -0.05) is 24.3 Å². The Hall–Kier alpha value is -1.13. The number of anilines is 1. The quantitative estimate of drug-likeness (QED) is 0.657. The van der Waals surface area contributed by atoms with Crippen LogP contribution in [0.4, 0.5) is 5.69 Å². The molecule has 0 saturated carbocycles. The smallest absolute Gasteiger partial charge is 0.142 e. The molecule has 104 valence electrons. The highest BCUT2D eigenvalue weighted by Gasteiger charge is 2.19. The topological polar surface area (TPSA) is 15.7 Å². The van der Waals surface area contributed by atoms with E-state index in [0.717, 1.165) is 44.2 Å². The molecular weight excluding hydrogens is 256 g/mol. The SMILES string of the molecule is C=C(CS)CN1CCN(c2ccccc2OC)CC1. The highest BCUT2D eigenvalue weighted by atomic mass is 32.1. The summed E-state index contributed by atoms with van der Waals surface area (Å²) in [4.78, 5) is 4.82. The summed E-state index contributed by atoms with van der Waals surface area (Å²) in [5.74, 6) is 1.72. The molecule has 0 spiro atoms. The molecular formula is C15H22N2OS. The van der Waals surface area contributed by atoms with Crippen LogP contribution in [0.25, 0.3) is 0 Å². The van der Waals surface area contributed by atoms with E-state index in [1.165, 1.54) is 11.3 Å². The van der Waals surface area contributed by atoms with Crippen molar-refractivity contribution in [3.05, 3.63) is 36.4 Å². The fraction of sp³-hybridized carbons (Fsp3) is 0.467. The average molecular weight is 278 g/mol. The summed E-state index contributed by atoms with van der Waals surface area (Å²) in [7, 11) is 1.73. The number of rotatable bonds is 5. The molecule has 0 amide bonds. The Labute approximate surface area is 121 Å². The molecule has 1 aromatic carbocycles. The van der Waals surface area contributed by atoms with Gasteiger partial charge in [0.1, 0.15) is 5.75 Å².